The Kier molecular flexibility index (Phi) is 8.39. The van der Waals surface area contributed by atoms with Crippen molar-refractivity contribution >= 4 is 39.1 Å². The van der Waals surface area contributed by atoms with E-state index < -0.39 is 0 Å². The van der Waals surface area contributed by atoms with Gasteiger partial charge in [0.25, 0.3) is 11.8 Å². The number of nitrogens with one attached hydrogen (secondary N) is 2. The van der Waals surface area contributed by atoms with E-state index in [2.05, 4.69) is 26.6 Å². The molecule has 7 nitrogen and oxygen atoms in total. The molecule has 1 fully saturated rings. The summed E-state index contributed by atoms with van der Waals surface area (Å²) in [6, 6.07) is 19.1. The summed E-state index contributed by atoms with van der Waals surface area (Å²) in [5.41, 5.74) is 1.83. The van der Waals surface area contributed by atoms with E-state index in [4.69, 9.17) is 14.2 Å². The van der Waals surface area contributed by atoms with Crippen LogP contribution in [0, 0.1) is 0 Å². The van der Waals surface area contributed by atoms with Gasteiger partial charge in [0.2, 0.25) is 0 Å². The monoisotopic (exact) mass is 538 g/mol. The average Bonchev–Trinajstić information content (AvgIpc) is 3.38. The maximum atomic E-state index is 12.9. The molecule has 0 saturated carbocycles. The number of anilines is 2. The number of carbonyl (C=O) groups excluding carboxylic acids is 2. The summed E-state index contributed by atoms with van der Waals surface area (Å²) in [5, 5.41) is 5.70. The molecule has 1 aliphatic heterocycles. The average molecular weight is 539 g/mol. The van der Waals surface area contributed by atoms with Crippen LogP contribution in [0.3, 0.4) is 0 Å². The summed E-state index contributed by atoms with van der Waals surface area (Å²) >= 11 is 3.48. The minimum atomic E-state index is -0.335. The van der Waals surface area contributed by atoms with Crippen LogP contribution in [0.1, 0.15) is 40.5 Å². The van der Waals surface area contributed by atoms with Crippen molar-refractivity contribution in [1.82, 2.24) is 0 Å². The number of hydrogen-bond acceptors (Lipinski definition) is 5. The maximum absolute atomic E-state index is 12.9. The number of halogens is 1. The zero-order chi connectivity index (χ0) is 24.6. The number of para-hydroxylation sites is 1. The molecule has 3 aromatic carbocycles. The quantitative estimate of drug-likeness (QED) is 0.353. The topological polar surface area (TPSA) is 85.9 Å². The van der Waals surface area contributed by atoms with Crippen molar-refractivity contribution in [3.8, 4) is 11.5 Å². The fourth-order valence-corrected chi connectivity index (χ4v) is 4.20. The summed E-state index contributed by atoms with van der Waals surface area (Å²) in [6.45, 7) is 3.73. The van der Waals surface area contributed by atoms with Crippen LogP contribution in [0.15, 0.2) is 71.2 Å². The van der Waals surface area contributed by atoms with Gasteiger partial charge in [-0.1, -0.05) is 12.1 Å². The van der Waals surface area contributed by atoms with Crippen molar-refractivity contribution in [2.45, 2.75) is 25.9 Å². The Morgan fingerprint density at radius 2 is 1.80 bits per heavy atom. The van der Waals surface area contributed by atoms with E-state index in [1.807, 2.05) is 6.92 Å². The Labute approximate surface area is 212 Å². The third-order valence-electron chi connectivity index (χ3n) is 5.49. The van der Waals surface area contributed by atoms with Crippen LogP contribution >= 0.6 is 15.9 Å². The molecule has 35 heavy (non-hydrogen) atoms. The van der Waals surface area contributed by atoms with Crippen molar-refractivity contribution in [3.63, 3.8) is 0 Å². The SMILES string of the molecule is CCOc1ccc(NC(=O)c2ccccc2NC(=O)c2ccc(OCC3CCCO3)c(Br)c2)cc1. The summed E-state index contributed by atoms with van der Waals surface area (Å²) in [6.07, 6.45) is 2.15. The minimum absolute atomic E-state index is 0.107. The lowest BCUT2D eigenvalue weighted by atomic mass is 10.1. The molecule has 1 aliphatic rings. The van der Waals surface area contributed by atoms with Crippen LogP contribution in [-0.2, 0) is 4.74 Å². The van der Waals surface area contributed by atoms with E-state index in [0.717, 1.165) is 25.2 Å². The van der Waals surface area contributed by atoms with E-state index in [9.17, 15) is 9.59 Å². The van der Waals surface area contributed by atoms with Gasteiger partial charge in [0.1, 0.15) is 18.1 Å². The first-order chi connectivity index (χ1) is 17.0. The smallest absolute Gasteiger partial charge is 0.257 e. The van der Waals surface area contributed by atoms with Crippen LogP contribution in [0.25, 0.3) is 0 Å². The molecule has 2 N–H and O–H groups in total. The molecule has 0 radical (unpaired) electrons. The van der Waals surface area contributed by atoms with Crippen LogP contribution in [0.4, 0.5) is 11.4 Å². The summed E-state index contributed by atoms with van der Waals surface area (Å²) in [5.74, 6) is 0.710. The van der Waals surface area contributed by atoms with E-state index in [-0.39, 0.29) is 17.9 Å². The molecule has 0 bridgehead atoms. The highest BCUT2D eigenvalue weighted by Crippen LogP contribution is 2.28. The lowest BCUT2D eigenvalue weighted by Gasteiger charge is -2.14. The summed E-state index contributed by atoms with van der Waals surface area (Å²) < 4.78 is 17.5. The van der Waals surface area contributed by atoms with E-state index in [1.165, 1.54) is 0 Å². The molecule has 0 spiro atoms. The first kappa shape index (κ1) is 24.8. The van der Waals surface area contributed by atoms with Gasteiger partial charge >= 0.3 is 0 Å². The molecule has 1 saturated heterocycles. The van der Waals surface area contributed by atoms with Gasteiger partial charge in [0.05, 0.1) is 28.4 Å². The first-order valence-electron chi connectivity index (χ1n) is 11.5. The van der Waals surface area contributed by atoms with Gasteiger partial charge in [-0.2, -0.15) is 0 Å². The normalized spacial score (nSPS) is 14.9. The molecule has 2 amide bonds. The van der Waals surface area contributed by atoms with Crippen molar-refractivity contribution in [2.24, 2.45) is 0 Å². The fraction of sp³-hybridized carbons (Fsp3) is 0.259. The lowest BCUT2D eigenvalue weighted by Crippen LogP contribution is -2.18. The Morgan fingerprint density at radius 1 is 1.00 bits per heavy atom. The second-order valence-corrected chi connectivity index (χ2v) is 8.86. The second kappa shape index (κ2) is 11.9. The fourth-order valence-electron chi connectivity index (χ4n) is 3.70. The number of benzene rings is 3. The molecular formula is C27H27BrN2O5. The molecule has 3 aromatic rings. The van der Waals surface area contributed by atoms with Gasteiger partial charge in [-0.15, -0.1) is 0 Å². The van der Waals surface area contributed by atoms with Crippen molar-refractivity contribution in [3.05, 3.63) is 82.3 Å². The zero-order valence-electron chi connectivity index (χ0n) is 19.4. The Balaban J connectivity index is 1.41. The first-order valence-corrected chi connectivity index (χ1v) is 12.3. The van der Waals surface area contributed by atoms with Gasteiger partial charge in [-0.05, 0) is 90.3 Å². The number of rotatable bonds is 9. The number of ether oxygens (including phenoxy) is 3. The van der Waals surface area contributed by atoms with E-state index in [1.54, 1.807) is 66.7 Å². The predicted octanol–water partition coefficient (Wildman–Crippen LogP) is 5.91. The largest absolute Gasteiger partial charge is 0.494 e. The molecule has 4 rings (SSSR count). The minimum Gasteiger partial charge on any atom is -0.494 e. The van der Waals surface area contributed by atoms with Gasteiger partial charge in [0, 0.05) is 17.9 Å². The second-order valence-electron chi connectivity index (χ2n) is 8.00. The van der Waals surface area contributed by atoms with Crippen molar-refractivity contribution in [1.29, 1.82) is 0 Å². The summed E-state index contributed by atoms with van der Waals surface area (Å²) in [4.78, 5) is 25.9. The maximum Gasteiger partial charge on any atom is 0.257 e. The number of carbonyl (C=O) groups is 2. The number of amides is 2. The lowest BCUT2D eigenvalue weighted by molar-refractivity contribution is 0.0677. The molecule has 8 heteroatoms. The Bertz CT molecular complexity index is 1180. The zero-order valence-corrected chi connectivity index (χ0v) is 21.0. The van der Waals surface area contributed by atoms with Crippen LogP contribution in [-0.4, -0.2) is 37.7 Å². The molecule has 1 heterocycles. The molecule has 182 valence electrons. The molecule has 0 aliphatic carbocycles. The predicted molar refractivity (Wildman–Crippen MR) is 139 cm³/mol. The van der Waals surface area contributed by atoms with Gasteiger partial charge < -0.3 is 24.8 Å². The highest BCUT2D eigenvalue weighted by Gasteiger charge is 2.18. The third kappa shape index (κ3) is 6.61. The van der Waals surface area contributed by atoms with E-state index in [0.29, 0.717) is 45.9 Å². The molecule has 1 atom stereocenters. The van der Waals surface area contributed by atoms with E-state index >= 15 is 0 Å². The highest BCUT2D eigenvalue weighted by atomic mass is 79.9. The Morgan fingerprint density at radius 3 is 2.51 bits per heavy atom. The molecule has 1 unspecified atom stereocenters. The van der Waals surface area contributed by atoms with Crippen molar-refractivity contribution < 1.29 is 23.8 Å². The highest BCUT2D eigenvalue weighted by molar-refractivity contribution is 9.10. The Hall–Kier alpha value is -3.36. The van der Waals surface area contributed by atoms with Crippen LogP contribution < -0.4 is 20.1 Å². The van der Waals surface area contributed by atoms with Crippen LogP contribution in [0.5, 0.6) is 11.5 Å². The van der Waals surface area contributed by atoms with Crippen LogP contribution in [0.2, 0.25) is 0 Å². The molecular weight excluding hydrogens is 512 g/mol. The van der Waals surface area contributed by atoms with Gasteiger partial charge in [-0.3, -0.25) is 9.59 Å². The molecule has 0 aromatic heterocycles. The third-order valence-corrected chi connectivity index (χ3v) is 6.11. The van der Waals surface area contributed by atoms with Gasteiger partial charge in [0.15, 0.2) is 0 Å². The number of hydrogen-bond donors (Lipinski definition) is 2. The standard InChI is InChI=1S/C27H27BrN2O5/c1-2-33-20-12-10-19(11-13-20)29-27(32)22-7-3-4-8-24(22)30-26(31)18-9-14-25(23(28)16-18)35-17-21-6-5-15-34-21/h3-4,7-14,16,21H,2,5-6,15,17H2,1H3,(H,29,32)(H,30,31). The van der Waals surface area contributed by atoms with Crippen molar-refractivity contribution in [2.75, 3.05) is 30.5 Å². The summed E-state index contributed by atoms with van der Waals surface area (Å²) in [7, 11) is 0. The van der Waals surface area contributed by atoms with Gasteiger partial charge in [-0.25, -0.2) is 0 Å².